The van der Waals surface area contributed by atoms with Crippen molar-refractivity contribution in [2.24, 2.45) is 0 Å². The Hall–Kier alpha value is -2.78. The highest BCUT2D eigenvalue weighted by atomic mass is 35.5. The first-order valence-corrected chi connectivity index (χ1v) is 9.14. The van der Waals surface area contributed by atoms with Crippen molar-refractivity contribution in [3.63, 3.8) is 0 Å². The van der Waals surface area contributed by atoms with Gasteiger partial charge in [0.25, 0.3) is 0 Å². The molecule has 7 nitrogen and oxygen atoms in total. The van der Waals surface area contributed by atoms with Crippen LogP contribution in [0.15, 0.2) is 53.7 Å². The average molecular weight is 408 g/mol. The summed E-state index contributed by atoms with van der Waals surface area (Å²) in [7, 11) is 0. The molecule has 1 aromatic heterocycles. The fraction of sp³-hybridized carbons (Fsp3) is 0.118. The molecule has 0 atom stereocenters. The van der Waals surface area contributed by atoms with Gasteiger partial charge in [0, 0.05) is 10.7 Å². The van der Waals surface area contributed by atoms with Crippen LogP contribution in [0.5, 0.6) is 5.75 Å². The summed E-state index contributed by atoms with van der Waals surface area (Å²) >= 11 is 6.92. The van der Waals surface area contributed by atoms with Crippen LogP contribution >= 0.6 is 23.4 Å². The van der Waals surface area contributed by atoms with Gasteiger partial charge in [-0.15, -0.1) is 10.2 Å². The van der Waals surface area contributed by atoms with Crippen LogP contribution in [-0.4, -0.2) is 26.5 Å². The summed E-state index contributed by atoms with van der Waals surface area (Å²) < 4.78 is 20.1. The summed E-state index contributed by atoms with van der Waals surface area (Å²) in [6.45, 7) is -0.0536. The van der Waals surface area contributed by atoms with Gasteiger partial charge in [-0.25, -0.2) is 9.07 Å². The van der Waals surface area contributed by atoms with Crippen LogP contribution in [0, 0.1) is 5.82 Å². The Kier molecular flexibility index (Phi) is 6.15. The van der Waals surface area contributed by atoms with Crippen molar-refractivity contribution < 1.29 is 13.9 Å². The number of amides is 1. The minimum absolute atomic E-state index is 0.0536. The third-order valence-electron chi connectivity index (χ3n) is 3.39. The van der Waals surface area contributed by atoms with Gasteiger partial charge in [-0.05, 0) is 36.4 Å². The van der Waals surface area contributed by atoms with E-state index < -0.39 is 5.82 Å². The van der Waals surface area contributed by atoms with Crippen molar-refractivity contribution in [1.29, 1.82) is 0 Å². The quantitative estimate of drug-likeness (QED) is 0.461. The number of benzene rings is 2. The van der Waals surface area contributed by atoms with Gasteiger partial charge in [-0.1, -0.05) is 35.5 Å². The summed E-state index contributed by atoms with van der Waals surface area (Å²) in [5.41, 5.74) is 0.637. The van der Waals surface area contributed by atoms with Gasteiger partial charge in [-0.2, -0.15) is 0 Å². The lowest BCUT2D eigenvalue weighted by Crippen LogP contribution is -2.18. The third kappa shape index (κ3) is 5.11. The first-order chi connectivity index (χ1) is 13.0. The summed E-state index contributed by atoms with van der Waals surface area (Å²) in [6.07, 6.45) is 0. The Morgan fingerprint density at radius 3 is 2.70 bits per heavy atom. The molecule has 3 N–H and O–H groups in total. The van der Waals surface area contributed by atoms with Gasteiger partial charge in [0.15, 0.2) is 17.4 Å². The molecular weight excluding hydrogens is 393 g/mol. The predicted octanol–water partition coefficient (Wildman–Crippen LogP) is 3.09. The van der Waals surface area contributed by atoms with Crippen LogP contribution in [0.2, 0.25) is 5.02 Å². The summed E-state index contributed by atoms with van der Waals surface area (Å²) in [5.74, 6) is 5.70. The normalized spacial score (nSPS) is 10.6. The number of hydrogen-bond donors (Lipinski definition) is 2. The fourth-order valence-electron chi connectivity index (χ4n) is 2.07. The van der Waals surface area contributed by atoms with Gasteiger partial charge >= 0.3 is 0 Å². The number of rotatable bonds is 7. The molecule has 3 aromatic rings. The average Bonchev–Trinajstić information content (AvgIpc) is 3.01. The topological polar surface area (TPSA) is 95.1 Å². The first kappa shape index (κ1) is 19.0. The zero-order chi connectivity index (χ0) is 19.2. The van der Waals surface area contributed by atoms with Crippen molar-refractivity contribution in [2.75, 3.05) is 16.9 Å². The van der Waals surface area contributed by atoms with E-state index in [1.54, 1.807) is 36.4 Å². The molecule has 0 spiro atoms. The monoisotopic (exact) mass is 407 g/mol. The van der Waals surface area contributed by atoms with Gasteiger partial charge in [0.2, 0.25) is 11.1 Å². The zero-order valence-electron chi connectivity index (χ0n) is 13.9. The van der Waals surface area contributed by atoms with E-state index in [0.29, 0.717) is 21.7 Å². The van der Waals surface area contributed by atoms with E-state index in [-0.39, 0.29) is 24.0 Å². The van der Waals surface area contributed by atoms with Gasteiger partial charge < -0.3 is 15.9 Å². The molecule has 0 unspecified atom stereocenters. The molecule has 0 bridgehead atoms. The Morgan fingerprint density at radius 1 is 1.22 bits per heavy atom. The van der Waals surface area contributed by atoms with E-state index in [4.69, 9.17) is 22.2 Å². The number of carbonyl (C=O) groups excluding carboxylic acids is 1. The molecule has 0 saturated heterocycles. The number of hydrogen-bond acceptors (Lipinski definition) is 6. The molecular formula is C17H15ClFN5O2S. The number of thioether (sulfide) groups is 1. The maximum atomic E-state index is 13.6. The third-order valence-corrected chi connectivity index (χ3v) is 4.58. The number of nitrogen functional groups attached to an aromatic ring is 1. The van der Waals surface area contributed by atoms with E-state index in [9.17, 15) is 9.18 Å². The number of nitrogens with two attached hydrogens (primary N) is 1. The first-order valence-electron chi connectivity index (χ1n) is 7.78. The van der Waals surface area contributed by atoms with Crippen molar-refractivity contribution in [3.8, 4) is 5.75 Å². The highest BCUT2D eigenvalue weighted by Gasteiger charge is 2.13. The zero-order valence-corrected chi connectivity index (χ0v) is 15.5. The summed E-state index contributed by atoms with van der Waals surface area (Å²) in [5, 5.41) is 11.5. The second kappa shape index (κ2) is 8.74. The predicted molar refractivity (Wildman–Crippen MR) is 102 cm³/mol. The largest absolute Gasteiger partial charge is 0.482 e. The van der Waals surface area contributed by atoms with Crippen LogP contribution in [0.4, 0.5) is 10.1 Å². The van der Waals surface area contributed by atoms with Crippen LogP contribution in [0.1, 0.15) is 5.82 Å². The SMILES string of the molecule is Nn1c(COc2ccccc2F)nnc1SCC(=O)Nc1ccc(Cl)cc1. The van der Waals surface area contributed by atoms with Gasteiger partial charge in [-0.3, -0.25) is 4.79 Å². The Labute approximate surface area is 163 Å². The number of carbonyl (C=O) groups is 1. The van der Waals surface area contributed by atoms with Gasteiger partial charge in [0.05, 0.1) is 5.75 Å². The minimum Gasteiger partial charge on any atom is -0.482 e. The molecule has 0 fully saturated rings. The molecule has 0 aliphatic heterocycles. The molecule has 1 amide bonds. The van der Waals surface area contributed by atoms with E-state index in [0.717, 1.165) is 11.8 Å². The number of nitrogens with one attached hydrogen (secondary N) is 1. The van der Waals surface area contributed by atoms with E-state index in [1.807, 2.05) is 0 Å². The van der Waals surface area contributed by atoms with Crippen LogP contribution in [-0.2, 0) is 11.4 Å². The standard InChI is InChI=1S/C17H15ClFN5O2S/c18-11-5-7-12(8-6-11)21-16(25)10-27-17-23-22-15(24(17)20)9-26-14-4-2-1-3-13(14)19/h1-8H,9-10,20H2,(H,21,25). The molecule has 0 aliphatic rings. The smallest absolute Gasteiger partial charge is 0.234 e. The molecule has 27 heavy (non-hydrogen) atoms. The van der Waals surface area contributed by atoms with Gasteiger partial charge in [0.1, 0.15) is 6.61 Å². The van der Waals surface area contributed by atoms with E-state index in [1.165, 1.54) is 16.8 Å². The van der Waals surface area contributed by atoms with Crippen LogP contribution < -0.4 is 15.9 Å². The Morgan fingerprint density at radius 2 is 1.96 bits per heavy atom. The number of nitrogens with zero attached hydrogens (tertiary/aromatic N) is 3. The number of para-hydroxylation sites is 1. The highest BCUT2D eigenvalue weighted by molar-refractivity contribution is 7.99. The van der Waals surface area contributed by atoms with Crippen LogP contribution in [0.3, 0.4) is 0 Å². The molecule has 0 saturated carbocycles. The van der Waals surface area contributed by atoms with Crippen molar-refractivity contribution >= 4 is 35.0 Å². The molecule has 0 radical (unpaired) electrons. The number of ether oxygens (including phenoxy) is 1. The Bertz CT molecular complexity index is 935. The maximum absolute atomic E-state index is 13.6. The number of halogens is 2. The lowest BCUT2D eigenvalue weighted by Gasteiger charge is -2.07. The van der Waals surface area contributed by atoms with E-state index in [2.05, 4.69) is 15.5 Å². The lowest BCUT2D eigenvalue weighted by atomic mass is 10.3. The summed E-state index contributed by atoms with van der Waals surface area (Å²) in [4.78, 5) is 12.0. The van der Waals surface area contributed by atoms with Crippen molar-refractivity contribution in [1.82, 2.24) is 14.9 Å². The fourth-order valence-corrected chi connectivity index (χ4v) is 2.87. The number of anilines is 1. The van der Waals surface area contributed by atoms with Crippen molar-refractivity contribution in [2.45, 2.75) is 11.8 Å². The molecule has 140 valence electrons. The second-order valence-corrected chi connectivity index (χ2v) is 6.71. The molecule has 10 heteroatoms. The van der Waals surface area contributed by atoms with Crippen LogP contribution in [0.25, 0.3) is 0 Å². The van der Waals surface area contributed by atoms with E-state index >= 15 is 0 Å². The second-order valence-electron chi connectivity index (χ2n) is 5.33. The summed E-state index contributed by atoms with van der Waals surface area (Å²) in [6, 6.07) is 12.8. The highest BCUT2D eigenvalue weighted by Crippen LogP contribution is 2.19. The molecule has 0 aliphatic carbocycles. The Balaban J connectivity index is 1.53. The maximum Gasteiger partial charge on any atom is 0.234 e. The minimum atomic E-state index is -0.478. The van der Waals surface area contributed by atoms with Crippen molar-refractivity contribution in [3.05, 3.63) is 65.2 Å². The molecule has 2 aromatic carbocycles. The molecule has 1 heterocycles. The lowest BCUT2D eigenvalue weighted by molar-refractivity contribution is -0.113. The molecule has 3 rings (SSSR count). The number of aromatic nitrogens is 3.